The molecule has 1 radical (unpaired) electrons. The summed E-state index contributed by atoms with van der Waals surface area (Å²) in [5.41, 5.74) is 8.32. The quantitative estimate of drug-likeness (QED) is 0.159. The van der Waals surface area contributed by atoms with E-state index in [2.05, 4.69) is 115 Å². The Balaban J connectivity index is 0.000000209. The predicted molar refractivity (Wildman–Crippen MR) is 204 cm³/mol. The molecule has 8 nitrogen and oxygen atoms in total. The Labute approximate surface area is 326 Å². The van der Waals surface area contributed by atoms with Crippen LogP contribution in [0.25, 0.3) is 61.6 Å². The normalized spacial score (nSPS) is 12.8. The van der Waals surface area contributed by atoms with Gasteiger partial charge in [0.2, 0.25) is 11.3 Å². The molecule has 0 amide bonds. The van der Waals surface area contributed by atoms with E-state index in [1.165, 1.54) is 17.2 Å². The van der Waals surface area contributed by atoms with E-state index in [0.29, 0.717) is 22.8 Å². The maximum Gasteiger partial charge on any atom is 0.214 e. The van der Waals surface area contributed by atoms with Crippen LogP contribution in [0.3, 0.4) is 0 Å². The molecular weight excluding hydrogens is 842 g/mol. The van der Waals surface area contributed by atoms with Crippen molar-refractivity contribution in [1.82, 2.24) is 35.2 Å². The van der Waals surface area contributed by atoms with Crippen molar-refractivity contribution >= 4 is 33.2 Å². The summed E-state index contributed by atoms with van der Waals surface area (Å²) in [6, 6.07) is 30.4. The van der Waals surface area contributed by atoms with Crippen LogP contribution in [0.2, 0.25) is 0 Å². The van der Waals surface area contributed by atoms with Crippen molar-refractivity contribution in [2.45, 2.75) is 72.6 Å². The van der Waals surface area contributed by atoms with Gasteiger partial charge in [-0.15, -0.1) is 52.2 Å². The van der Waals surface area contributed by atoms with Gasteiger partial charge in [-0.05, 0) is 56.1 Å². The molecule has 4 aromatic heterocycles. The zero-order valence-electron chi connectivity index (χ0n) is 33.5. The van der Waals surface area contributed by atoms with E-state index in [1.807, 2.05) is 36.4 Å². The van der Waals surface area contributed by atoms with E-state index in [1.54, 1.807) is 12.3 Å². The molecular formula is C43H40FIrN7O-2. The van der Waals surface area contributed by atoms with E-state index >= 15 is 0 Å². The number of halogens is 1. The number of aryl methyl sites for hydroxylation is 1. The molecule has 10 heteroatoms. The van der Waals surface area contributed by atoms with Crippen LogP contribution in [-0.2, 0) is 25.5 Å². The minimum atomic E-state index is -2.33. The Morgan fingerprint density at radius 2 is 1.58 bits per heavy atom. The first kappa shape index (κ1) is 33.6. The molecule has 271 valence electrons. The van der Waals surface area contributed by atoms with Gasteiger partial charge in [0.1, 0.15) is 5.58 Å². The van der Waals surface area contributed by atoms with E-state index < -0.39 is 12.7 Å². The number of furan rings is 1. The summed E-state index contributed by atoms with van der Waals surface area (Å²) in [7, 11) is 0. The molecule has 0 saturated heterocycles. The van der Waals surface area contributed by atoms with Crippen molar-refractivity contribution in [2.75, 3.05) is 0 Å². The largest absolute Gasteiger partial charge is 0.501 e. The van der Waals surface area contributed by atoms with Gasteiger partial charge in [-0.3, -0.25) is 9.37 Å². The van der Waals surface area contributed by atoms with Crippen LogP contribution >= 0.6 is 0 Å². The van der Waals surface area contributed by atoms with Gasteiger partial charge in [-0.25, -0.2) is 0 Å². The van der Waals surface area contributed by atoms with Gasteiger partial charge in [0.15, 0.2) is 0 Å². The zero-order chi connectivity index (χ0) is 39.2. The van der Waals surface area contributed by atoms with Crippen molar-refractivity contribution in [3.63, 3.8) is 0 Å². The second-order valence-corrected chi connectivity index (χ2v) is 14.4. The second-order valence-electron chi connectivity index (χ2n) is 14.4. The van der Waals surface area contributed by atoms with Gasteiger partial charge in [-0.2, -0.15) is 0 Å². The van der Waals surface area contributed by atoms with Gasteiger partial charge in [0.05, 0.1) is 11.4 Å². The van der Waals surface area contributed by atoms with Gasteiger partial charge in [0, 0.05) is 47.3 Å². The zero-order valence-corrected chi connectivity index (χ0v) is 32.9. The smallest absolute Gasteiger partial charge is 0.214 e. The maximum atomic E-state index is 14.1. The molecule has 0 spiro atoms. The third-order valence-electron chi connectivity index (χ3n) is 9.06. The fraction of sp³-hybridized carbons (Fsp3) is 0.256. The van der Waals surface area contributed by atoms with Crippen LogP contribution < -0.4 is 0 Å². The number of hydrogen-bond acceptors (Lipinski definition) is 7. The Kier molecular flexibility index (Phi) is 9.55. The van der Waals surface area contributed by atoms with Gasteiger partial charge in [0.25, 0.3) is 0 Å². The second kappa shape index (κ2) is 15.0. The number of hydrogen-bond donors (Lipinski definition) is 0. The van der Waals surface area contributed by atoms with Gasteiger partial charge >= 0.3 is 0 Å². The standard InChI is InChI=1S/C27H23N6O.C16H17FN.Ir/c1-15(2)17-10-7-11-18(16(3)4)23(17)33-26(28-25-27(33)30-32-31-29-25)21-13-8-12-20-19-9-5-6-14-22(19)34-24(20)21;1-11-5-7-13(14(17)9-11)15-8-6-12(10-18-15)16(2,3)4;/h5-12,14-16H,1-4H3;5-6,8-10H,1-4H3;/q2*-1;/i;1D3;. The number of para-hydroxylation sites is 2. The summed E-state index contributed by atoms with van der Waals surface area (Å²) < 4.78 is 44.3. The number of imidazole rings is 1. The first-order valence-electron chi connectivity index (χ1n) is 18.7. The van der Waals surface area contributed by atoms with Crippen molar-refractivity contribution in [2.24, 2.45) is 0 Å². The first-order chi connectivity index (χ1) is 26.1. The van der Waals surface area contributed by atoms with Gasteiger partial charge in [-0.1, -0.05) is 120 Å². The van der Waals surface area contributed by atoms with E-state index in [0.717, 1.165) is 44.8 Å². The molecule has 4 heterocycles. The monoisotopic (exact) mass is 885 g/mol. The van der Waals surface area contributed by atoms with Crippen molar-refractivity contribution in [3.05, 3.63) is 125 Å². The fourth-order valence-corrected chi connectivity index (χ4v) is 6.34. The number of fused-ring (bicyclic) bond motifs is 4. The SMILES string of the molecule is CC(C)c1cccc(C(C)C)c1-n1c(-c2[c-]ccc3c2oc2ccccc23)nc2nnnnc21.[2H]C([2H])([2H])c1c[c-]c(-c2ccc(C(C)(C)C)cn2)c(F)c1.[Ir]. The Bertz CT molecular complexity index is 2640. The molecule has 53 heavy (non-hydrogen) atoms. The van der Waals surface area contributed by atoms with Crippen LogP contribution in [-0.4, -0.2) is 35.2 Å². The van der Waals surface area contributed by atoms with E-state index in [-0.39, 0.29) is 48.5 Å². The average molecular weight is 885 g/mol. The van der Waals surface area contributed by atoms with E-state index in [9.17, 15) is 4.39 Å². The Morgan fingerprint density at radius 3 is 2.25 bits per heavy atom. The molecule has 4 aromatic carbocycles. The first-order valence-corrected chi connectivity index (χ1v) is 17.2. The summed E-state index contributed by atoms with van der Waals surface area (Å²) in [5.74, 6) is 0.601. The Morgan fingerprint density at radius 1 is 0.849 bits per heavy atom. The van der Waals surface area contributed by atoms with Crippen molar-refractivity contribution in [1.29, 1.82) is 0 Å². The molecule has 0 saturated carbocycles. The summed E-state index contributed by atoms with van der Waals surface area (Å²) >= 11 is 0. The van der Waals surface area contributed by atoms with Crippen molar-refractivity contribution < 1.29 is 33.0 Å². The molecule has 0 unspecified atom stereocenters. The molecule has 8 rings (SSSR count). The topological polar surface area (TPSA) is 95.4 Å². The summed E-state index contributed by atoms with van der Waals surface area (Å²) in [6.07, 6.45) is 1.71. The number of pyridine rings is 1. The van der Waals surface area contributed by atoms with Crippen LogP contribution in [0, 0.1) is 24.8 Å². The third-order valence-corrected chi connectivity index (χ3v) is 9.06. The fourth-order valence-electron chi connectivity index (χ4n) is 6.34. The van der Waals surface area contributed by atoms with Crippen LogP contribution in [0.15, 0.2) is 89.5 Å². The number of nitrogens with zero attached hydrogens (tertiary/aromatic N) is 7. The molecule has 0 fully saturated rings. The van der Waals surface area contributed by atoms with E-state index in [4.69, 9.17) is 13.5 Å². The van der Waals surface area contributed by atoms with Crippen LogP contribution in [0.4, 0.5) is 4.39 Å². The van der Waals surface area contributed by atoms with Gasteiger partial charge < -0.3 is 14.0 Å². The molecule has 0 bridgehead atoms. The third kappa shape index (κ3) is 7.26. The molecule has 0 aliphatic carbocycles. The van der Waals surface area contributed by atoms with Crippen molar-refractivity contribution in [3.8, 4) is 28.3 Å². The Hall–Kier alpha value is -5.18. The maximum absolute atomic E-state index is 14.1. The predicted octanol–water partition coefficient (Wildman–Crippen LogP) is 10.5. The van der Waals surface area contributed by atoms with Crippen LogP contribution in [0.5, 0.6) is 0 Å². The number of aromatic nitrogens is 7. The summed E-state index contributed by atoms with van der Waals surface area (Å²) in [4.78, 5) is 9.13. The molecule has 0 N–H and O–H groups in total. The number of benzene rings is 4. The summed E-state index contributed by atoms with van der Waals surface area (Å²) in [5, 5.41) is 18.2. The van der Waals surface area contributed by atoms with Crippen LogP contribution in [0.1, 0.15) is 86.7 Å². The summed E-state index contributed by atoms with van der Waals surface area (Å²) in [6.45, 7) is 12.7. The minimum absolute atomic E-state index is 0. The molecule has 8 aromatic rings. The molecule has 0 aliphatic heterocycles. The average Bonchev–Trinajstić information content (AvgIpc) is 3.73. The number of rotatable bonds is 5. The molecule has 0 atom stereocenters. The minimum Gasteiger partial charge on any atom is -0.501 e. The molecule has 0 aliphatic rings.